The molecule has 6 aromatic rings. The summed E-state index contributed by atoms with van der Waals surface area (Å²) < 4.78 is 16.7. The minimum Gasteiger partial charge on any atom is -0.488 e. The van der Waals surface area contributed by atoms with E-state index in [0.29, 0.717) is 13.2 Å². The number of aromatic nitrogens is 2. The van der Waals surface area contributed by atoms with Crippen LogP contribution in [0.15, 0.2) is 97.1 Å². The first-order valence-electron chi connectivity index (χ1n) is 19.1. The SMILES string of the molecule is CC#C[C@@H](CC(=O)O)c1ccc(OCc2sc(-c3ccc(C)cc3)nc2C)cc1.CC#C[C@@H](CC(=O)OC)c1ccc(OCc2sc(-c3ccc(C)cc3)nc2C)cc1. The highest BCUT2D eigenvalue weighted by atomic mass is 32.1. The third-order valence-corrected chi connectivity index (χ3v) is 11.7. The molecular weight excluding hydrogens is 777 g/mol. The Morgan fingerprint density at radius 1 is 0.610 bits per heavy atom. The number of carboxylic acid groups (broad SMARTS) is 1. The van der Waals surface area contributed by atoms with Gasteiger partial charge in [0.2, 0.25) is 0 Å². The van der Waals surface area contributed by atoms with E-state index >= 15 is 0 Å². The molecule has 2 aromatic heterocycles. The topological polar surface area (TPSA) is 108 Å². The molecule has 0 fully saturated rings. The second kappa shape index (κ2) is 21.5. The van der Waals surface area contributed by atoms with E-state index in [0.717, 1.165) is 64.9 Å². The fourth-order valence-electron chi connectivity index (χ4n) is 5.93. The van der Waals surface area contributed by atoms with Crippen molar-refractivity contribution in [2.75, 3.05) is 7.11 Å². The van der Waals surface area contributed by atoms with Crippen LogP contribution in [0.3, 0.4) is 0 Å². The van der Waals surface area contributed by atoms with E-state index in [1.54, 1.807) is 36.5 Å². The molecule has 8 nitrogen and oxygen atoms in total. The molecule has 59 heavy (non-hydrogen) atoms. The Kier molecular flexibility index (Phi) is 16.0. The summed E-state index contributed by atoms with van der Waals surface area (Å²) in [6.07, 6.45) is 0.224. The van der Waals surface area contributed by atoms with Gasteiger partial charge >= 0.3 is 11.9 Å². The number of carboxylic acids is 1. The molecule has 0 saturated carbocycles. The van der Waals surface area contributed by atoms with Crippen LogP contribution in [0.25, 0.3) is 21.1 Å². The normalized spacial score (nSPS) is 11.4. The smallest absolute Gasteiger partial charge is 0.307 e. The summed E-state index contributed by atoms with van der Waals surface area (Å²) in [5.74, 6) is 11.6. The molecule has 0 amide bonds. The van der Waals surface area contributed by atoms with Crippen LogP contribution >= 0.6 is 22.7 Å². The van der Waals surface area contributed by atoms with Crippen LogP contribution in [0.5, 0.6) is 11.5 Å². The zero-order valence-electron chi connectivity index (χ0n) is 34.4. The van der Waals surface area contributed by atoms with Crippen molar-refractivity contribution in [3.05, 3.63) is 140 Å². The zero-order chi connectivity index (χ0) is 42.3. The van der Waals surface area contributed by atoms with Crippen LogP contribution in [-0.2, 0) is 27.5 Å². The Hall–Kier alpha value is -6.20. The predicted molar refractivity (Wildman–Crippen MR) is 237 cm³/mol. The van der Waals surface area contributed by atoms with E-state index in [4.69, 9.17) is 24.3 Å². The molecule has 0 bridgehead atoms. The third-order valence-electron chi connectivity index (χ3n) is 9.30. The lowest BCUT2D eigenvalue weighted by Crippen LogP contribution is -2.07. The quantitative estimate of drug-likeness (QED) is 0.0854. The number of hydrogen-bond acceptors (Lipinski definition) is 9. The number of carbonyl (C=O) groups excluding carboxylic acids is 1. The standard InChI is InChI=1S/C25H25NO3S.C24H23NO3S/c1-5-6-21(15-24(27)28-4)19-11-13-22(14-12-19)29-16-23-18(3)26-25(30-23)20-9-7-17(2)8-10-20;1-4-5-20(14-23(26)27)18-10-12-21(13-11-18)28-15-22-17(3)25-24(29-22)19-8-6-16(2)7-9-19/h7-14,21H,15-16H2,1-4H3;6-13,20H,14-15H2,1-3H3,(H,26,27)/t21-;20-/m00/s1. The largest absolute Gasteiger partial charge is 0.488 e. The predicted octanol–water partition coefficient (Wildman–Crippen LogP) is 11.3. The Labute approximate surface area is 355 Å². The summed E-state index contributed by atoms with van der Waals surface area (Å²) in [6.45, 7) is 12.6. The van der Waals surface area contributed by atoms with Crippen molar-refractivity contribution in [1.82, 2.24) is 9.97 Å². The van der Waals surface area contributed by atoms with Crippen LogP contribution in [-0.4, -0.2) is 34.1 Å². The van der Waals surface area contributed by atoms with E-state index in [2.05, 4.69) is 91.0 Å². The molecule has 0 spiro atoms. The Bertz CT molecular complexity index is 2450. The van der Waals surface area contributed by atoms with E-state index in [1.165, 1.54) is 18.2 Å². The molecule has 4 aromatic carbocycles. The number of esters is 1. The number of aryl methyl sites for hydroxylation is 4. The zero-order valence-corrected chi connectivity index (χ0v) is 36.1. The molecule has 2 atom stereocenters. The van der Waals surface area contributed by atoms with Crippen LogP contribution in [0.2, 0.25) is 0 Å². The van der Waals surface area contributed by atoms with Gasteiger partial charge in [0, 0.05) is 11.1 Å². The second-order valence-corrected chi connectivity index (χ2v) is 15.9. The van der Waals surface area contributed by atoms with Gasteiger partial charge in [-0.1, -0.05) is 95.8 Å². The highest BCUT2D eigenvalue weighted by Gasteiger charge is 2.16. The monoisotopic (exact) mass is 824 g/mol. The number of benzene rings is 4. The molecular formula is C49H48N2O6S2. The second-order valence-electron chi connectivity index (χ2n) is 13.8. The maximum atomic E-state index is 11.6. The summed E-state index contributed by atoms with van der Waals surface area (Å²) in [7, 11) is 1.39. The van der Waals surface area contributed by atoms with Gasteiger partial charge < -0.3 is 19.3 Å². The van der Waals surface area contributed by atoms with Gasteiger partial charge in [0.15, 0.2) is 0 Å². The molecule has 6 rings (SSSR count). The van der Waals surface area contributed by atoms with Crippen molar-refractivity contribution < 1.29 is 28.9 Å². The number of aliphatic carboxylic acids is 1. The molecule has 1 N–H and O–H groups in total. The lowest BCUT2D eigenvalue weighted by atomic mass is 9.96. The molecule has 0 aliphatic heterocycles. The molecule has 0 aliphatic rings. The van der Waals surface area contributed by atoms with Crippen molar-refractivity contribution in [3.8, 4) is 56.3 Å². The number of methoxy groups -OCH3 is 1. The average Bonchev–Trinajstić information content (AvgIpc) is 3.80. The van der Waals surface area contributed by atoms with Gasteiger partial charge in [-0.15, -0.1) is 34.5 Å². The Balaban J connectivity index is 0.000000224. The maximum absolute atomic E-state index is 11.6. The Morgan fingerprint density at radius 2 is 1.00 bits per heavy atom. The van der Waals surface area contributed by atoms with Crippen molar-refractivity contribution in [1.29, 1.82) is 0 Å². The first-order chi connectivity index (χ1) is 28.5. The molecule has 10 heteroatoms. The maximum Gasteiger partial charge on any atom is 0.307 e. The van der Waals surface area contributed by atoms with Crippen molar-refractivity contribution in [2.24, 2.45) is 0 Å². The summed E-state index contributed by atoms with van der Waals surface area (Å²) in [6, 6.07) is 31.9. The van der Waals surface area contributed by atoms with Crippen LogP contribution in [0, 0.1) is 51.4 Å². The molecule has 0 unspecified atom stereocenters. The first kappa shape index (κ1) is 43.9. The number of thiazole rings is 2. The minimum absolute atomic E-state index is 0.0110. The number of nitrogens with zero attached hydrogens (tertiary/aromatic N) is 2. The van der Waals surface area contributed by atoms with E-state index in [1.807, 2.05) is 62.4 Å². The fraction of sp³-hybridized carbons (Fsp3) is 0.265. The van der Waals surface area contributed by atoms with E-state index in [9.17, 15) is 9.59 Å². The van der Waals surface area contributed by atoms with Gasteiger partial charge in [-0.25, -0.2) is 9.97 Å². The van der Waals surface area contributed by atoms with Crippen molar-refractivity contribution in [2.45, 2.75) is 79.4 Å². The lowest BCUT2D eigenvalue weighted by molar-refractivity contribution is -0.141. The van der Waals surface area contributed by atoms with Crippen LogP contribution in [0.1, 0.15) is 81.9 Å². The minimum atomic E-state index is -0.858. The summed E-state index contributed by atoms with van der Waals surface area (Å²) in [4.78, 5) is 34.2. The van der Waals surface area contributed by atoms with Crippen LogP contribution < -0.4 is 9.47 Å². The van der Waals surface area contributed by atoms with Gasteiger partial charge in [0.25, 0.3) is 0 Å². The third kappa shape index (κ3) is 12.9. The Morgan fingerprint density at radius 3 is 1.36 bits per heavy atom. The van der Waals surface area contributed by atoms with Gasteiger partial charge in [0.05, 0.1) is 52.9 Å². The van der Waals surface area contributed by atoms with Gasteiger partial charge in [-0.05, 0) is 76.9 Å². The van der Waals surface area contributed by atoms with Crippen molar-refractivity contribution >= 4 is 34.6 Å². The van der Waals surface area contributed by atoms with Gasteiger partial charge in [-0.3, -0.25) is 9.59 Å². The summed E-state index contributed by atoms with van der Waals surface area (Å²) >= 11 is 3.30. The lowest BCUT2D eigenvalue weighted by Gasteiger charge is -2.11. The first-order valence-corrected chi connectivity index (χ1v) is 20.7. The van der Waals surface area contributed by atoms with Gasteiger partial charge in [-0.2, -0.15) is 0 Å². The number of ether oxygens (including phenoxy) is 3. The molecule has 0 radical (unpaired) electrons. The number of rotatable bonds is 14. The van der Waals surface area contributed by atoms with Crippen LogP contribution in [0.4, 0.5) is 0 Å². The van der Waals surface area contributed by atoms with Gasteiger partial charge in [0.1, 0.15) is 34.7 Å². The summed E-state index contributed by atoms with van der Waals surface area (Å²) in [5, 5.41) is 11.1. The number of hydrogen-bond donors (Lipinski definition) is 1. The highest BCUT2D eigenvalue weighted by molar-refractivity contribution is 7.15. The number of carbonyl (C=O) groups is 2. The summed E-state index contributed by atoms with van der Waals surface area (Å²) in [5.41, 5.74) is 8.51. The van der Waals surface area contributed by atoms with E-state index in [-0.39, 0.29) is 30.6 Å². The fourth-order valence-corrected chi connectivity index (χ4v) is 7.89. The van der Waals surface area contributed by atoms with Crippen molar-refractivity contribution in [3.63, 3.8) is 0 Å². The molecule has 0 saturated heterocycles. The molecule has 0 aliphatic carbocycles. The molecule has 2 heterocycles. The van der Waals surface area contributed by atoms with E-state index < -0.39 is 5.97 Å². The highest BCUT2D eigenvalue weighted by Crippen LogP contribution is 2.31. The average molecular weight is 825 g/mol. The molecule has 302 valence electrons.